The Morgan fingerprint density at radius 2 is 1.89 bits per heavy atom. The molecule has 1 aromatic carbocycles. The second-order valence-electron chi connectivity index (χ2n) is 7.46. The SMILES string of the molecule is COC(=O)C(Cc1c[nH]c2ccccc12)NC(=O)CCNC(=O)C(C)(C)C. The minimum Gasteiger partial charge on any atom is -0.467 e. The highest BCUT2D eigenvalue weighted by Gasteiger charge is 2.24. The Morgan fingerprint density at radius 3 is 2.56 bits per heavy atom. The number of hydrogen-bond donors (Lipinski definition) is 3. The Bertz CT molecular complexity index is 820. The van der Waals surface area contributed by atoms with Crippen LogP contribution in [-0.4, -0.2) is 42.5 Å². The number of carbonyl (C=O) groups is 3. The van der Waals surface area contributed by atoms with E-state index in [4.69, 9.17) is 4.74 Å². The van der Waals surface area contributed by atoms with E-state index >= 15 is 0 Å². The molecule has 0 aliphatic carbocycles. The van der Waals surface area contributed by atoms with Crippen LogP contribution in [0.25, 0.3) is 10.9 Å². The molecule has 146 valence electrons. The second-order valence-corrected chi connectivity index (χ2v) is 7.46. The van der Waals surface area contributed by atoms with E-state index in [-0.39, 0.29) is 24.8 Å². The first-order valence-electron chi connectivity index (χ1n) is 8.93. The zero-order valence-corrected chi connectivity index (χ0v) is 16.2. The van der Waals surface area contributed by atoms with Gasteiger partial charge >= 0.3 is 5.97 Å². The number of carbonyl (C=O) groups excluding carboxylic acids is 3. The maximum atomic E-state index is 12.2. The molecule has 0 saturated carbocycles. The van der Waals surface area contributed by atoms with Gasteiger partial charge in [0.2, 0.25) is 11.8 Å². The molecule has 0 fully saturated rings. The van der Waals surface area contributed by atoms with Crippen molar-refractivity contribution < 1.29 is 19.1 Å². The zero-order chi connectivity index (χ0) is 20.0. The first-order valence-corrected chi connectivity index (χ1v) is 8.93. The van der Waals surface area contributed by atoms with Gasteiger partial charge in [-0.25, -0.2) is 4.79 Å². The van der Waals surface area contributed by atoms with Gasteiger partial charge in [0.05, 0.1) is 7.11 Å². The minimum absolute atomic E-state index is 0.0865. The second kappa shape index (κ2) is 8.70. The quantitative estimate of drug-likeness (QED) is 0.646. The number of nitrogens with one attached hydrogen (secondary N) is 3. The topological polar surface area (TPSA) is 100 Å². The summed E-state index contributed by atoms with van der Waals surface area (Å²) >= 11 is 0. The van der Waals surface area contributed by atoms with Crippen LogP contribution in [0.4, 0.5) is 0 Å². The van der Waals surface area contributed by atoms with Gasteiger partial charge in [0.1, 0.15) is 6.04 Å². The summed E-state index contributed by atoms with van der Waals surface area (Å²) in [6, 6.07) is 6.96. The molecule has 0 radical (unpaired) electrons. The number of ether oxygens (including phenoxy) is 1. The Labute approximate surface area is 158 Å². The van der Waals surface area contributed by atoms with E-state index in [0.717, 1.165) is 16.5 Å². The molecule has 0 aliphatic rings. The summed E-state index contributed by atoms with van der Waals surface area (Å²) in [4.78, 5) is 39.3. The molecule has 1 unspecified atom stereocenters. The normalized spacial score (nSPS) is 12.4. The van der Waals surface area contributed by atoms with Crippen LogP contribution in [0.2, 0.25) is 0 Å². The van der Waals surface area contributed by atoms with Gasteiger partial charge in [-0.3, -0.25) is 9.59 Å². The van der Waals surface area contributed by atoms with Crippen LogP contribution in [0.15, 0.2) is 30.5 Å². The van der Waals surface area contributed by atoms with E-state index in [2.05, 4.69) is 15.6 Å². The third kappa shape index (κ3) is 5.57. The lowest BCUT2D eigenvalue weighted by molar-refractivity contribution is -0.145. The Kier molecular flexibility index (Phi) is 6.60. The van der Waals surface area contributed by atoms with Gasteiger partial charge in [-0.2, -0.15) is 0 Å². The highest BCUT2D eigenvalue weighted by molar-refractivity contribution is 5.87. The first kappa shape index (κ1) is 20.5. The first-order chi connectivity index (χ1) is 12.7. The maximum absolute atomic E-state index is 12.2. The van der Waals surface area contributed by atoms with Gasteiger partial charge in [-0.05, 0) is 11.6 Å². The number of aromatic nitrogens is 1. The largest absolute Gasteiger partial charge is 0.467 e. The number of hydrogen-bond acceptors (Lipinski definition) is 4. The molecule has 2 aromatic rings. The van der Waals surface area contributed by atoms with Crippen LogP contribution >= 0.6 is 0 Å². The molecule has 0 aliphatic heterocycles. The molecule has 3 N–H and O–H groups in total. The van der Waals surface area contributed by atoms with Crippen molar-refractivity contribution in [2.45, 2.75) is 39.7 Å². The van der Waals surface area contributed by atoms with E-state index in [1.807, 2.05) is 30.5 Å². The number of esters is 1. The standard InChI is InChI=1S/C20H27N3O4/c1-20(2,3)19(26)21-10-9-17(24)23-16(18(25)27-4)11-13-12-22-15-8-6-5-7-14(13)15/h5-8,12,16,22H,9-11H2,1-4H3,(H,21,26)(H,23,24). The summed E-state index contributed by atoms with van der Waals surface area (Å²) in [5.74, 6) is -0.953. The molecule has 1 atom stereocenters. The van der Waals surface area contributed by atoms with E-state index in [9.17, 15) is 14.4 Å². The molecular weight excluding hydrogens is 346 g/mol. The van der Waals surface area contributed by atoms with E-state index in [1.54, 1.807) is 20.8 Å². The third-order valence-corrected chi connectivity index (χ3v) is 4.24. The molecule has 0 spiro atoms. The number of benzene rings is 1. The van der Waals surface area contributed by atoms with Gasteiger partial charge in [0, 0.05) is 41.9 Å². The maximum Gasteiger partial charge on any atom is 0.328 e. The van der Waals surface area contributed by atoms with Crippen molar-refractivity contribution in [3.8, 4) is 0 Å². The number of para-hydroxylation sites is 1. The number of methoxy groups -OCH3 is 1. The highest BCUT2D eigenvalue weighted by atomic mass is 16.5. The van der Waals surface area contributed by atoms with Crippen molar-refractivity contribution in [2.24, 2.45) is 5.41 Å². The van der Waals surface area contributed by atoms with E-state index in [1.165, 1.54) is 7.11 Å². The van der Waals surface area contributed by atoms with Crippen molar-refractivity contribution in [3.63, 3.8) is 0 Å². The number of amides is 2. The van der Waals surface area contributed by atoms with E-state index in [0.29, 0.717) is 6.42 Å². The summed E-state index contributed by atoms with van der Waals surface area (Å²) in [5.41, 5.74) is 1.37. The lowest BCUT2D eigenvalue weighted by Crippen LogP contribution is -2.44. The molecule has 27 heavy (non-hydrogen) atoms. The predicted octanol–water partition coefficient (Wildman–Crippen LogP) is 1.92. The molecule has 0 saturated heterocycles. The van der Waals surface area contributed by atoms with Gasteiger partial charge < -0.3 is 20.4 Å². The van der Waals surface area contributed by atoms with Crippen LogP contribution in [-0.2, 0) is 25.5 Å². The van der Waals surface area contributed by atoms with Crippen molar-refractivity contribution in [2.75, 3.05) is 13.7 Å². The summed E-state index contributed by atoms with van der Waals surface area (Å²) in [6.45, 7) is 5.62. The van der Waals surface area contributed by atoms with Crippen molar-refractivity contribution >= 4 is 28.7 Å². The Hall–Kier alpha value is -2.83. The van der Waals surface area contributed by atoms with Gasteiger partial charge in [-0.15, -0.1) is 0 Å². The van der Waals surface area contributed by atoms with Gasteiger partial charge in [0.15, 0.2) is 0 Å². The van der Waals surface area contributed by atoms with Crippen molar-refractivity contribution in [3.05, 3.63) is 36.0 Å². The van der Waals surface area contributed by atoms with Crippen LogP contribution < -0.4 is 10.6 Å². The summed E-state index contributed by atoms with van der Waals surface area (Å²) in [7, 11) is 1.29. The average Bonchev–Trinajstić information content (AvgIpc) is 3.02. The van der Waals surface area contributed by atoms with E-state index < -0.39 is 17.4 Å². The number of rotatable bonds is 7. The third-order valence-electron chi connectivity index (χ3n) is 4.24. The van der Waals surface area contributed by atoms with Crippen molar-refractivity contribution in [1.82, 2.24) is 15.6 Å². The molecule has 7 nitrogen and oxygen atoms in total. The summed E-state index contributed by atoms with van der Waals surface area (Å²) in [5, 5.41) is 6.42. The summed E-state index contributed by atoms with van der Waals surface area (Å²) in [6.07, 6.45) is 2.23. The fourth-order valence-electron chi connectivity index (χ4n) is 2.68. The molecule has 2 rings (SSSR count). The molecule has 0 bridgehead atoms. The Morgan fingerprint density at radius 1 is 1.19 bits per heavy atom. The number of aromatic amines is 1. The predicted molar refractivity (Wildman–Crippen MR) is 103 cm³/mol. The molecular formula is C20H27N3O4. The van der Waals surface area contributed by atoms with Crippen LogP contribution in [0.3, 0.4) is 0 Å². The average molecular weight is 373 g/mol. The monoisotopic (exact) mass is 373 g/mol. The van der Waals surface area contributed by atoms with Crippen LogP contribution in [0.5, 0.6) is 0 Å². The van der Waals surface area contributed by atoms with Crippen LogP contribution in [0, 0.1) is 5.41 Å². The van der Waals surface area contributed by atoms with Crippen molar-refractivity contribution in [1.29, 1.82) is 0 Å². The fraction of sp³-hybridized carbons (Fsp3) is 0.450. The van der Waals surface area contributed by atoms with Gasteiger partial charge in [-0.1, -0.05) is 39.0 Å². The smallest absolute Gasteiger partial charge is 0.328 e. The molecule has 1 heterocycles. The number of fused-ring (bicyclic) bond motifs is 1. The summed E-state index contributed by atoms with van der Waals surface area (Å²) < 4.78 is 4.83. The highest BCUT2D eigenvalue weighted by Crippen LogP contribution is 2.19. The molecule has 1 aromatic heterocycles. The van der Waals surface area contributed by atoms with Gasteiger partial charge in [0.25, 0.3) is 0 Å². The molecule has 7 heteroatoms. The minimum atomic E-state index is -0.792. The fourth-order valence-corrected chi connectivity index (χ4v) is 2.68. The number of H-pyrrole nitrogens is 1. The lowest BCUT2D eigenvalue weighted by atomic mass is 9.96. The molecule has 2 amide bonds. The zero-order valence-electron chi connectivity index (χ0n) is 16.2. The lowest BCUT2D eigenvalue weighted by Gasteiger charge is -2.19. The van der Waals surface area contributed by atoms with Crippen LogP contribution in [0.1, 0.15) is 32.8 Å². The Balaban J connectivity index is 1.97.